The zero-order valence-corrected chi connectivity index (χ0v) is 10.8. The molecule has 1 heterocycles. The predicted molar refractivity (Wildman–Crippen MR) is 69.9 cm³/mol. The lowest BCUT2D eigenvalue weighted by Gasteiger charge is -2.08. The van der Waals surface area contributed by atoms with E-state index in [0.29, 0.717) is 11.8 Å². The third-order valence-corrected chi connectivity index (χ3v) is 3.15. The highest BCUT2D eigenvalue weighted by atomic mass is 35.5. The third-order valence-electron chi connectivity index (χ3n) is 2.10. The average Bonchev–Trinajstić information content (AvgIpc) is 2.40. The van der Waals surface area contributed by atoms with Crippen molar-refractivity contribution in [1.82, 2.24) is 9.97 Å². The minimum absolute atomic E-state index is 0.356. The van der Waals surface area contributed by atoms with E-state index in [1.165, 1.54) is 0 Å². The topological polar surface area (TPSA) is 35.0 Å². The SMILES string of the molecule is CSc1ccccc1Oc1cnc(CCl)cn1. The van der Waals surface area contributed by atoms with Crippen molar-refractivity contribution in [3.8, 4) is 11.6 Å². The molecule has 2 aromatic rings. The van der Waals surface area contributed by atoms with Crippen molar-refractivity contribution in [3.63, 3.8) is 0 Å². The summed E-state index contributed by atoms with van der Waals surface area (Å²) in [7, 11) is 0. The summed E-state index contributed by atoms with van der Waals surface area (Å²) in [5, 5.41) is 0. The standard InChI is InChI=1S/C12H11ClN2OS/c1-17-11-5-3-2-4-10(11)16-12-8-14-9(6-13)7-15-12/h2-5,7-8H,6H2,1H3. The second-order valence-electron chi connectivity index (χ2n) is 3.23. The molecule has 0 atom stereocenters. The van der Waals surface area contributed by atoms with Gasteiger partial charge in [0, 0.05) is 4.90 Å². The largest absolute Gasteiger partial charge is 0.436 e. The number of alkyl halides is 1. The minimum atomic E-state index is 0.356. The Bertz CT molecular complexity index is 490. The molecule has 0 aliphatic heterocycles. The Balaban J connectivity index is 2.19. The maximum Gasteiger partial charge on any atom is 0.237 e. The Morgan fingerprint density at radius 1 is 1.24 bits per heavy atom. The van der Waals surface area contributed by atoms with Crippen LogP contribution in [0.1, 0.15) is 5.69 Å². The fourth-order valence-electron chi connectivity index (χ4n) is 1.28. The van der Waals surface area contributed by atoms with Gasteiger partial charge < -0.3 is 4.74 Å². The van der Waals surface area contributed by atoms with Gasteiger partial charge in [0.1, 0.15) is 5.75 Å². The van der Waals surface area contributed by atoms with Gasteiger partial charge in [0.05, 0.1) is 24.0 Å². The van der Waals surface area contributed by atoms with Crippen molar-refractivity contribution < 1.29 is 4.74 Å². The molecule has 5 heteroatoms. The first kappa shape index (κ1) is 12.2. The van der Waals surface area contributed by atoms with E-state index in [1.807, 2.05) is 30.5 Å². The van der Waals surface area contributed by atoms with Gasteiger partial charge in [-0.05, 0) is 18.4 Å². The highest BCUT2D eigenvalue weighted by Crippen LogP contribution is 2.29. The summed E-state index contributed by atoms with van der Waals surface area (Å²) in [5.41, 5.74) is 0.733. The number of halogens is 1. The first-order valence-electron chi connectivity index (χ1n) is 5.01. The quantitative estimate of drug-likeness (QED) is 0.624. The number of rotatable bonds is 4. The highest BCUT2D eigenvalue weighted by Gasteiger charge is 2.04. The lowest BCUT2D eigenvalue weighted by Crippen LogP contribution is -1.93. The molecule has 0 aliphatic rings. The van der Waals surface area contributed by atoms with Crippen molar-refractivity contribution in [2.24, 2.45) is 0 Å². The molecule has 88 valence electrons. The second kappa shape index (κ2) is 5.89. The van der Waals surface area contributed by atoms with Crippen LogP contribution < -0.4 is 4.74 Å². The zero-order chi connectivity index (χ0) is 12.1. The van der Waals surface area contributed by atoms with Gasteiger partial charge in [-0.15, -0.1) is 23.4 Å². The van der Waals surface area contributed by atoms with Crippen molar-refractivity contribution >= 4 is 23.4 Å². The zero-order valence-electron chi connectivity index (χ0n) is 9.26. The molecule has 0 radical (unpaired) electrons. The van der Waals surface area contributed by atoms with E-state index in [9.17, 15) is 0 Å². The summed E-state index contributed by atoms with van der Waals surface area (Å²) in [6.07, 6.45) is 5.20. The fraction of sp³-hybridized carbons (Fsp3) is 0.167. The molecular weight excluding hydrogens is 256 g/mol. The lowest BCUT2D eigenvalue weighted by molar-refractivity contribution is 0.449. The molecule has 0 amide bonds. The molecule has 0 bridgehead atoms. The molecule has 1 aromatic heterocycles. The van der Waals surface area contributed by atoms with Crippen LogP contribution >= 0.6 is 23.4 Å². The van der Waals surface area contributed by atoms with E-state index >= 15 is 0 Å². The Kier molecular flexibility index (Phi) is 4.23. The van der Waals surface area contributed by atoms with E-state index in [-0.39, 0.29) is 0 Å². The molecule has 17 heavy (non-hydrogen) atoms. The molecule has 0 aliphatic carbocycles. The van der Waals surface area contributed by atoms with E-state index in [1.54, 1.807) is 24.2 Å². The third kappa shape index (κ3) is 3.11. The minimum Gasteiger partial charge on any atom is -0.436 e. The summed E-state index contributed by atoms with van der Waals surface area (Å²) in [5.74, 6) is 1.61. The number of para-hydroxylation sites is 1. The van der Waals surface area contributed by atoms with Crippen molar-refractivity contribution in [2.75, 3.05) is 6.26 Å². The average molecular weight is 267 g/mol. The van der Waals surface area contributed by atoms with Crippen LogP contribution in [0.25, 0.3) is 0 Å². The van der Waals surface area contributed by atoms with Gasteiger partial charge in [-0.1, -0.05) is 12.1 Å². The fourth-order valence-corrected chi connectivity index (χ4v) is 1.94. The van der Waals surface area contributed by atoms with Gasteiger partial charge in [0.2, 0.25) is 5.88 Å². The van der Waals surface area contributed by atoms with Gasteiger partial charge in [0.15, 0.2) is 0 Å². The predicted octanol–water partition coefficient (Wildman–Crippen LogP) is 3.73. The molecule has 0 unspecified atom stereocenters. The maximum absolute atomic E-state index is 5.66. The van der Waals surface area contributed by atoms with Crippen LogP contribution in [0.5, 0.6) is 11.6 Å². The molecule has 2 rings (SSSR count). The van der Waals surface area contributed by atoms with E-state index in [4.69, 9.17) is 16.3 Å². The van der Waals surface area contributed by atoms with Gasteiger partial charge in [-0.25, -0.2) is 4.98 Å². The van der Waals surface area contributed by atoms with Crippen molar-refractivity contribution in [3.05, 3.63) is 42.4 Å². The number of nitrogens with zero attached hydrogens (tertiary/aromatic N) is 2. The summed E-state index contributed by atoms with van der Waals surface area (Å²) >= 11 is 7.27. The van der Waals surface area contributed by atoms with Crippen LogP contribution in [0.15, 0.2) is 41.6 Å². The molecule has 1 aromatic carbocycles. The number of hydrogen-bond acceptors (Lipinski definition) is 4. The van der Waals surface area contributed by atoms with Crippen LogP contribution in [0, 0.1) is 0 Å². The number of thioether (sulfide) groups is 1. The van der Waals surface area contributed by atoms with Crippen LogP contribution in [-0.4, -0.2) is 16.2 Å². The monoisotopic (exact) mass is 266 g/mol. The second-order valence-corrected chi connectivity index (χ2v) is 4.35. The Hall–Kier alpha value is -1.26. The van der Waals surface area contributed by atoms with Crippen molar-refractivity contribution in [1.29, 1.82) is 0 Å². The summed E-state index contributed by atoms with van der Waals surface area (Å²) in [6, 6.07) is 7.81. The molecule has 0 spiro atoms. The molecule has 0 fully saturated rings. The Morgan fingerprint density at radius 3 is 2.71 bits per heavy atom. The van der Waals surface area contributed by atoms with Crippen LogP contribution in [0.3, 0.4) is 0 Å². The maximum atomic E-state index is 5.66. The van der Waals surface area contributed by atoms with E-state index in [0.717, 1.165) is 16.3 Å². The van der Waals surface area contributed by atoms with Gasteiger partial charge in [0.25, 0.3) is 0 Å². The van der Waals surface area contributed by atoms with Crippen molar-refractivity contribution in [2.45, 2.75) is 10.8 Å². The molecule has 0 saturated carbocycles. The Labute approximate surface area is 109 Å². The smallest absolute Gasteiger partial charge is 0.237 e. The summed E-state index contributed by atoms with van der Waals surface area (Å²) < 4.78 is 5.66. The normalized spacial score (nSPS) is 10.2. The van der Waals surface area contributed by atoms with Gasteiger partial charge >= 0.3 is 0 Å². The number of aromatic nitrogens is 2. The molecular formula is C12H11ClN2OS. The van der Waals surface area contributed by atoms with E-state index < -0.39 is 0 Å². The molecule has 0 saturated heterocycles. The molecule has 0 N–H and O–H groups in total. The van der Waals surface area contributed by atoms with Crippen LogP contribution in [0.4, 0.5) is 0 Å². The molecule has 3 nitrogen and oxygen atoms in total. The van der Waals surface area contributed by atoms with Gasteiger partial charge in [-0.2, -0.15) is 0 Å². The highest BCUT2D eigenvalue weighted by molar-refractivity contribution is 7.98. The lowest BCUT2D eigenvalue weighted by atomic mass is 10.3. The van der Waals surface area contributed by atoms with Gasteiger partial charge in [-0.3, -0.25) is 4.98 Å². The van der Waals surface area contributed by atoms with Crippen LogP contribution in [-0.2, 0) is 5.88 Å². The summed E-state index contributed by atoms with van der Waals surface area (Å²) in [4.78, 5) is 9.33. The van der Waals surface area contributed by atoms with Crippen LogP contribution in [0.2, 0.25) is 0 Å². The first-order chi connectivity index (χ1) is 8.33. The number of ether oxygens (including phenoxy) is 1. The number of hydrogen-bond donors (Lipinski definition) is 0. The number of benzene rings is 1. The summed E-state index contributed by atoms with van der Waals surface area (Å²) in [6.45, 7) is 0. The Morgan fingerprint density at radius 2 is 2.06 bits per heavy atom. The first-order valence-corrected chi connectivity index (χ1v) is 6.77. The van der Waals surface area contributed by atoms with E-state index in [2.05, 4.69) is 9.97 Å².